The van der Waals surface area contributed by atoms with Crippen LogP contribution in [0.4, 0.5) is 0 Å². The third-order valence-corrected chi connectivity index (χ3v) is 2.89. The second-order valence-corrected chi connectivity index (χ2v) is 4.04. The van der Waals surface area contributed by atoms with Crippen molar-refractivity contribution >= 4 is 22.8 Å². The molecule has 0 radical (unpaired) electrons. The van der Waals surface area contributed by atoms with Crippen LogP contribution < -0.4 is 0 Å². The molecule has 0 unspecified atom stereocenters. The summed E-state index contributed by atoms with van der Waals surface area (Å²) in [6.07, 6.45) is 0.649. The van der Waals surface area contributed by atoms with Gasteiger partial charge in [-0.15, -0.1) is 5.10 Å². The minimum Gasteiger partial charge on any atom is -0.278 e. The fourth-order valence-electron chi connectivity index (χ4n) is 1.97. The lowest BCUT2D eigenvalue weighted by atomic mass is 10.2. The second kappa shape index (κ2) is 3.65. The summed E-state index contributed by atoms with van der Waals surface area (Å²) >= 11 is 0. The molecule has 1 aromatic carbocycles. The number of nitrogens with one attached hydrogen (secondary N) is 1. The highest BCUT2D eigenvalue weighted by Crippen LogP contribution is 2.17. The molecule has 0 spiro atoms. The zero-order chi connectivity index (χ0) is 11.8. The van der Waals surface area contributed by atoms with Gasteiger partial charge < -0.3 is 0 Å². The van der Waals surface area contributed by atoms with Crippen LogP contribution in [0.5, 0.6) is 0 Å². The zero-order valence-electron chi connectivity index (χ0n) is 9.01. The minimum absolute atomic E-state index is 0.102. The van der Waals surface area contributed by atoms with Crippen LogP contribution in [-0.4, -0.2) is 32.1 Å². The summed E-state index contributed by atoms with van der Waals surface area (Å²) in [5.41, 5.74) is 2.46. The van der Waals surface area contributed by atoms with Gasteiger partial charge in [-0.25, -0.2) is 0 Å². The maximum atomic E-state index is 11.5. The van der Waals surface area contributed by atoms with Gasteiger partial charge in [-0.2, -0.15) is 0 Å². The van der Waals surface area contributed by atoms with Crippen LogP contribution in [-0.2, 0) is 16.1 Å². The minimum atomic E-state index is -0.102. The number of nitrogens with zero attached hydrogens (tertiary/aromatic N) is 3. The van der Waals surface area contributed by atoms with E-state index in [1.807, 2.05) is 18.2 Å². The van der Waals surface area contributed by atoms with E-state index in [-0.39, 0.29) is 11.8 Å². The van der Waals surface area contributed by atoms with Crippen molar-refractivity contribution in [3.8, 4) is 0 Å². The van der Waals surface area contributed by atoms with Crippen LogP contribution in [0.1, 0.15) is 18.4 Å². The van der Waals surface area contributed by atoms with E-state index < -0.39 is 0 Å². The lowest BCUT2D eigenvalue weighted by Gasteiger charge is -2.13. The summed E-state index contributed by atoms with van der Waals surface area (Å²) < 4.78 is 0. The first-order chi connectivity index (χ1) is 8.24. The molecule has 0 saturated carbocycles. The van der Waals surface area contributed by atoms with Gasteiger partial charge in [-0.1, -0.05) is 11.3 Å². The molecule has 1 aliphatic heterocycles. The smallest absolute Gasteiger partial charge is 0.229 e. The molecular formula is C11H10N4O2. The Morgan fingerprint density at radius 2 is 2.00 bits per heavy atom. The predicted octanol–water partition coefficient (Wildman–Crippen LogP) is 0.607. The number of fused-ring (bicyclic) bond motifs is 1. The Balaban J connectivity index is 1.89. The number of likely N-dealkylation sites (tertiary alicyclic amines) is 1. The van der Waals surface area contributed by atoms with Crippen LogP contribution in [0.25, 0.3) is 11.0 Å². The number of rotatable bonds is 2. The molecule has 3 rings (SSSR count). The summed E-state index contributed by atoms with van der Waals surface area (Å²) in [4.78, 5) is 24.2. The molecule has 1 aromatic heterocycles. The Hall–Kier alpha value is -2.24. The van der Waals surface area contributed by atoms with Crippen molar-refractivity contribution in [2.45, 2.75) is 19.4 Å². The first kappa shape index (κ1) is 9.95. The van der Waals surface area contributed by atoms with Crippen LogP contribution in [0, 0.1) is 0 Å². The van der Waals surface area contributed by atoms with Crippen molar-refractivity contribution in [3.63, 3.8) is 0 Å². The van der Waals surface area contributed by atoms with Crippen molar-refractivity contribution < 1.29 is 9.59 Å². The van der Waals surface area contributed by atoms with E-state index in [1.54, 1.807) is 0 Å². The molecule has 6 heteroatoms. The summed E-state index contributed by atoms with van der Waals surface area (Å²) in [5, 5.41) is 10.3. The average Bonchev–Trinajstić information content (AvgIpc) is 2.90. The highest BCUT2D eigenvalue weighted by molar-refractivity contribution is 6.01. The highest BCUT2D eigenvalue weighted by Gasteiger charge is 2.28. The van der Waals surface area contributed by atoms with Gasteiger partial charge in [0.25, 0.3) is 0 Å². The first-order valence-corrected chi connectivity index (χ1v) is 5.37. The number of H-pyrrole nitrogens is 1. The molecule has 0 atom stereocenters. The number of carbonyl (C=O) groups is 2. The third-order valence-electron chi connectivity index (χ3n) is 2.89. The van der Waals surface area contributed by atoms with E-state index in [1.165, 1.54) is 4.90 Å². The molecule has 1 fully saturated rings. The largest absolute Gasteiger partial charge is 0.278 e. The van der Waals surface area contributed by atoms with E-state index in [0.717, 1.165) is 16.6 Å². The number of imide groups is 1. The van der Waals surface area contributed by atoms with Crippen LogP contribution in [0.15, 0.2) is 18.2 Å². The van der Waals surface area contributed by atoms with E-state index in [0.29, 0.717) is 19.4 Å². The lowest BCUT2D eigenvalue weighted by Crippen LogP contribution is -2.28. The predicted molar refractivity (Wildman–Crippen MR) is 58.7 cm³/mol. The molecule has 1 N–H and O–H groups in total. The summed E-state index contributed by atoms with van der Waals surface area (Å²) in [6, 6.07) is 5.54. The van der Waals surface area contributed by atoms with E-state index in [9.17, 15) is 9.59 Å². The Labute approximate surface area is 96.6 Å². The number of aromatic amines is 1. The number of hydrogen-bond acceptors (Lipinski definition) is 4. The van der Waals surface area contributed by atoms with Gasteiger partial charge in [0.1, 0.15) is 5.52 Å². The topological polar surface area (TPSA) is 79.0 Å². The van der Waals surface area contributed by atoms with Gasteiger partial charge in [0.05, 0.1) is 12.1 Å². The van der Waals surface area contributed by atoms with Gasteiger partial charge in [0.15, 0.2) is 0 Å². The quantitative estimate of drug-likeness (QED) is 0.766. The Morgan fingerprint density at radius 1 is 1.24 bits per heavy atom. The van der Waals surface area contributed by atoms with Crippen LogP contribution in [0.2, 0.25) is 0 Å². The molecule has 0 aliphatic carbocycles. The van der Waals surface area contributed by atoms with Gasteiger partial charge in [-0.05, 0) is 17.7 Å². The number of hydrogen-bond donors (Lipinski definition) is 1. The van der Waals surface area contributed by atoms with Crippen molar-refractivity contribution in [3.05, 3.63) is 23.8 Å². The monoisotopic (exact) mass is 230 g/mol. The molecule has 2 heterocycles. The normalized spacial score (nSPS) is 16.1. The summed E-state index contributed by atoms with van der Waals surface area (Å²) in [6.45, 7) is 0.320. The van der Waals surface area contributed by atoms with Crippen LogP contribution in [0.3, 0.4) is 0 Å². The molecule has 1 saturated heterocycles. The van der Waals surface area contributed by atoms with Crippen LogP contribution >= 0.6 is 0 Å². The fraction of sp³-hybridized carbons (Fsp3) is 0.273. The van der Waals surface area contributed by atoms with Gasteiger partial charge in [0, 0.05) is 12.8 Å². The SMILES string of the molecule is O=C1CCC(=O)N1Cc1ccc2[nH]nnc2c1. The summed E-state index contributed by atoms with van der Waals surface area (Å²) in [7, 11) is 0. The molecule has 2 aromatic rings. The van der Waals surface area contributed by atoms with E-state index in [2.05, 4.69) is 15.4 Å². The van der Waals surface area contributed by atoms with E-state index >= 15 is 0 Å². The molecule has 2 amide bonds. The van der Waals surface area contributed by atoms with Gasteiger partial charge in [-0.3, -0.25) is 19.6 Å². The second-order valence-electron chi connectivity index (χ2n) is 4.04. The van der Waals surface area contributed by atoms with Crippen molar-refractivity contribution in [2.24, 2.45) is 0 Å². The molecule has 6 nitrogen and oxygen atoms in total. The Bertz CT molecular complexity index is 588. The standard InChI is InChI=1S/C11H10N4O2/c16-10-3-4-11(17)15(10)6-7-1-2-8-9(5-7)13-14-12-8/h1-2,5H,3-4,6H2,(H,12,13,14). The zero-order valence-corrected chi connectivity index (χ0v) is 9.01. The molecule has 86 valence electrons. The summed E-state index contributed by atoms with van der Waals surface area (Å²) in [5.74, 6) is -0.203. The third kappa shape index (κ3) is 1.67. The Kier molecular flexibility index (Phi) is 2.14. The maximum Gasteiger partial charge on any atom is 0.229 e. The molecular weight excluding hydrogens is 220 g/mol. The number of benzene rings is 1. The average molecular weight is 230 g/mol. The maximum absolute atomic E-state index is 11.5. The number of carbonyl (C=O) groups excluding carboxylic acids is 2. The number of aromatic nitrogens is 3. The van der Waals surface area contributed by atoms with Crippen molar-refractivity contribution in [1.82, 2.24) is 20.3 Å². The molecule has 0 bridgehead atoms. The Morgan fingerprint density at radius 3 is 2.76 bits per heavy atom. The van der Waals surface area contributed by atoms with E-state index in [4.69, 9.17) is 0 Å². The van der Waals surface area contributed by atoms with Gasteiger partial charge >= 0.3 is 0 Å². The molecule has 17 heavy (non-hydrogen) atoms. The number of amides is 2. The first-order valence-electron chi connectivity index (χ1n) is 5.37. The van der Waals surface area contributed by atoms with Crippen molar-refractivity contribution in [2.75, 3.05) is 0 Å². The lowest BCUT2D eigenvalue weighted by molar-refractivity contribution is -0.139. The fourth-order valence-corrected chi connectivity index (χ4v) is 1.97. The van der Waals surface area contributed by atoms with Crippen molar-refractivity contribution in [1.29, 1.82) is 0 Å². The highest BCUT2D eigenvalue weighted by atomic mass is 16.2. The molecule has 1 aliphatic rings. The van der Waals surface area contributed by atoms with Gasteiger partial charge in [0.2, 0.25) is 11.8 Å².